The molecule has 1 unspecified atom stereocenters. The molecule has 0 fully saturated rings. The molecule has 0 aliphatic rings. The molecule has 0 aliphatic heterocycles. The van der Waals surface area contributed by atoms with E-state index in [0.717, 1.165) is 13.0 Å². The van der Waals surface area contributed by atoms with E-state index in [1.807, 2.05) is 12.1 Å². The molecule has 0 aromatic heterocycles. The number of nitrogens with one attached hydrogen (secondary N) is 1. The molecule has 1 atom stereocenters. The van der Waals surface area contributed by atoms with Gasteiger partial charge in [0.2, 0.25) is 0 Å². The molecule has 2 aromatic rings. The van der Waals surface area contributed by atoms with Gasteiger partial charge in [0.25, 0.3) is 0 Å². The van der Waals surface area contributed by atoms with E-state index in [2.05, 4.69) is 73.4 Å². The maximum Gasteiger partial charge on any atom is 0.0443 e. The molecule has 1 N–H and O–H groups in total. The van der Waals surface area contributed by atoms with E-state index in [-0.39, 0.29) is 17.9 Å². The molecule has 0 spiro atoms. The van der Waals surface area contributed by atoms with Crippen molar-refractivity contribution < 1.29 is 12.4 Å². The van der Waals surface area contributed by atoms with Crippen molar-refractivity contribution in [3.05, 3.63) is 84.4 Å². The molecule has 2 heteroatoms. The van der Waals surface area contributed by atoms with Gasteiger partial charge in [-0.1, -0.05) is 66.7 Å². The average Bonchev–Trinajstić information content (AvgIpc) is 2.48. The highest BCUT2D eigenvalue weighted by Gasteiger charge is 2.23. The van der Waals surface area contributed by atoms with Crippen LogP contribution < -0.4 is 17.7 Å². The number of hydrogen-bond donors (Lipinski definition) is 1. The van der Waals surface area contributed by atoms with Gasteiger partial charge in [-0.3, -0.25) is 0 Å². The molecule has 2 aromatic carbocycles. The molecular formula is C18H21ClN-. The second-order valence-electron chi connectivity index (χ2n) is 5.03. The third kappa shape index (κ3) is 4.22. The summed E-state index contributed by atoms with van der Waals surface area (Å²) in [6.45, 7) is 6.98. The van der Waals surface area contributed by atoms with Crippen LogP contribution in [-0.4, -0.2) is 0 Å². The quantitative estimate of drug-likeness (QED) is 0.789. The van der Waals surface area contributed by atoms with Crippen LogP contribution in [0.4, 0.5) is 0 Å². The highest BCUT2D eigenvalue weighted by atomic mass is 35.5. The predicted octanol–water partition coefficient (Wildman–Crippen LogP) is 1.27. The normalized spacial score (nSPS) is 13.1. The Morgan fingerprint density at radius 3 is 2.10 bits per heavy atom. The lowest BCUT2D eigenvalue weighted by Crippen LogP contribution is -3.00. The Hall–Kier alpha value is -1.57. The van der Waals surface area contributed by atoms with Crippen molar-refractivity contribution in [2.45, 2.75) is 25.4 Å². The maximum absolute atomic E-state index is 3.89. The van der Waals surface area contributed by atoms with E-state index in [1.54, 1.807) is 0 Å². The van der Waals surface area contributed by atoms with Crippen molar-refractivity contribution in [1.29, 1.82) is 0 Å². The van der Waals surface area contributed by atoms with E-state index >= 15 is 0 Å². The summed E-state index contributed by atoms with van der Waals surface area (Å²) in [7, 11) is 0. The second kappa shape index (κ2) is 7.88. The largest absolute Gasteiger partial charge is 1.00 e. The number of rotatable bonds is 6. The third-order valence-electron chi connectivity index (χ3n) is 3.49. The summed E-state index contributed by atoms with van der Waals surface area (Å²) in [4.78, 5) is 0. The Labute approximate surface area is 128 Å². The van der Waals surface area contributed by atoms with Crippen molar-refractivity contribution >= 4 is 0 Å². The van der Waals surface area contributed by atoms with Crippen LogP contribution in [0.5, 0.6) is 0 Å². The number of halogens is 1. The highest BCUT2D eigenvalue weighted by Crippen LogP contribution is 2.25. The van der Waals surface area contributed by atoms with Crippen LogP contribution >= 0.6 is 0 Å². The summed E-state index contributed by atoms with van der Waals surface area (Å²) in [5, 5.41) is 3.66. The van der Waals surface area contributed by atoms with Crippen molar-refractivity contribution in [2.24, 2.45) is 0 Å². The standard InChI is InChI=1S/C18H21N.ClH/c1-3-14-18(2,17-12-8-5-9-13-17)19-15-16-10-6-4-7-11-16;/h3-13,19H,1,14-15H2,2H3;1H/p-1. The third-order valence-corrected chi connectivity index (χ3v) is 3.49. The molecule has 0 aliphatic carbocycles. The van der Waals surface area contributed by atoms with Gasteiger partial charge in [0, 0.05) is 12.1 Å². The first-order valence-electron chi connectivity index (χ1n) is 6.70. The molecule has 1 nitrogen and oxygen atoms in total. The Morgan fingerprint density at radius 2 is 1.55 bits per heavy atom. The van der Waals surface area contributed by atoms with Crippen LogP contribution in [0.3, 0.4) is 0 Å². The van der Waals surface area contributed by atoms with Gasteiger partial charge in [-0.05, 0) is 24.5 Å². The SMILES string of the molecule is C=CCC(C)(NCc1ccccc1)c1ccccc1.[Cl-]. The zero-order valence-electron chi connectivity index (χ0n) is 11.9. The molecule has 0 bridgehead atoms. The fourth-order valence-electron chi connectivity index (χ4n) is 2.28. The lowest BCUT2D eigenvalue weighted by atomic mass is 9.88. The molecule has 0 amide bonds. The van der Waals surface area contributed by atoms with Gasteiger partial charge in [-0.25, -0.2) is 0 Å². The lowest BCUT2D eigenvalue weighted by molar-refractivity contribution is -0.00000416. The monoisotopic (exact) mass is 286 g/mol. The van der Waals surface area contributed by atoms with E-state index in [4.69, 9.17) is 0 Å². The van der Waals surface area contributed by atoms with E-state index < -0.39 is 0 Å². The minimum Gasteiger partial charge on any atom is -1.00 e. The van der Waals surface area contributed by atoms with Gasteiger partial charge in [-0.15, -0.1) is 6.58 Å². The second-order valence-corrected chi connectivity index (χ2v) is 5.03. The first-order chi connectivity index (χ1) is 9.24. The van der Waals surface area contributed by atoms with Crippen LogP contribution in [-0.2, 0) is 12.1 Å². The van der Waals surface area contributed by atoms with E-state index in [9.17, 15) is 0 Å². The summed E-state index contributed by atoms with van der Waals surface area (Å²) in [6.07, 6.45) is 2.88. The van der Waals surface area contributed by atoms with Gasteiger partial charge in [0.15, 0.2) is 0 Å². The minimum absolute atomic E-state index is 0. The zero-order chi connectivity index (χ0) is 13.6. The maximum atomic E-state index is 3.89. The highest BCUT2D eigenvalue weighted by molar-refractivity contribution is 5.25. The van der Waals surface area contributed by atoms with Crippen LogP contribution in [0.2, 0.25) is 0 Å². The molecule has 0 heterocycles. The Morgan fingerprint density at radius 1 is 1.00 bits per heavy atom. The fraction of sp³-hybridized carbons (Fsp3) is 0.222. The predicted molar refractivity (Wildman–Crippen MR) is 81.9 cm³/mol. The molecular weight excluding hydrogens is 266 g/mol. The number of benzene rings is 2. The van der Waals surface area contributed by atoms with Crippen molar-refractivity contribution in [3.8, 4) is 0 Å². The topological polar surface area (TPSA) is 12.0 Å². The first-order valence-corrected chi connectivity index (χ1v) is 6.70. The Bertz CT molecular complexity index is 509. The Balaban J connectivity index is 0.00000200. The lowest BCUT2D eigenvalue weighted by Gasteiger charge is -2.31. The van der Waals surface area contributed by atoms with Crippen molar-refractivity contribution in [1.82, 2.24) is 5.32 Å². The molecule has 20 heavy (non-hydrogen) atoms. The van der Waals surface area contributed by atoms with Gasteiger partial charge < -0.3 is 17.7 Å². The van der Waals surface area contributed by atoms with E-state index in [0.29, 0.717) is 0 Å². The molecule has 106 valence electrons. The molecule has 2 rings (SSSR count). The van der Waals surface area contributed by atoms with Gasteiger partial charge in [-0.2, -0.15) is 0 Å². The molecule has 0 radical (unpaired) electrons. The van der Waals surface area contributed by atoms with Gasteiger partial charge in [0.1, 0.15) is 0 Å². The fourth-order valence-corrected chi connectivity index (χ4v) is 2.28. The first kappa shape index (κ1) is 16.5. The van der Waals surface area contributed by atoms with Crippen molar-refractivity contribution in [2.75, 3.05) is 0 Å². The summed E-state index contributed by atoms with van der Waals surface area (Å²) in [5.74, 6) is 0. The van der Waals surface area contributed by atoms with Gasteiger partial charge in [0.05, 0.1) is 0 Å². The number of hydrogen-bond acceptors (Lipinski definition) is 1. The van der Waals surface area contributed by atoms with Crippen molar-refractivity contribution in [3.63, 3.8) is 0 Å². The van der Waals surface area contributed by atoms with E-state index in [1.165, 1.54) is 11.1 Å². The van der Waals surface area contributed by atoms with Crippen LogP contribution in [0.1, 0.15) is 24.5 Å². The summed E-state index contributed by atoms with van der Waals surface area (Å²) in [6, 6.07) is 21.0. The summed E-state index contributed by atoms with van der Waals surface area (Å²) in [5.41, 5.74) is 2.53. The zero-order valence-corrected chi connectivity index (χ0v) is 12.6. The van der Waals surface area contributed by atoms with Crippen LogP contribution in [0, 0.1) is 0 Å². The summed E-state index contributed by atoms with van der Waals surface area (Å²) >= 11 is 0. The van der Waals surface area contributed by atoms with Crippen LogP contribution in [0.25, 0.3) is 0 Å². The van der Waals surface area contributed by atoms with Gasteiger partial charge >= 0.3 is 0 Å². The van der Waals surface area contributed by atoms with Crippen LogP contribution in [0.15, 0.2) is 73.3 Å². The Kier molecular flexibility index (Phi) is 6.50. The minimum atomic E-state index is -0.0706. The summed E-state index contributed by atoms with van der Waals surface area (Å²) < 4.78 is 0. The average molecular weight is 287 g/mol. The molecule has 0 saturated carbocycles. The molecule has 0 saturated heterocycles. The smallest absolute Gasteiger partial charge is 0.0443 e.